The summed E-state index contributed by atoms with van der Waals surface area (Å²) in [6.45, 7) is 1.24. The largest absolute Gasteiger partial charge is 0.424 e. The highest BCUT2D eigenvalue weighted by atomic mass is 16.5. The van der Waals surface area contributed by atoms with Crippen LogP contribution in [-0.2, 0) is 13.1 Å². The lowest BCUT2D eigenvalue weighted by atomic mass is 10.1. The molecule has 0 bridgehead atoms. The predicted molar refractivity (Wildman–Crippen MR) is 83.4 cm³/mol. The molecular weight excluding hydrogens is 292 g/mol. The van der Waals surface area contributed by atoms with E-state index in [4.69, 9.17) is 8.94 Å². The zero-order valence-corrected chi connectivity index (χ0v) is 13.0. The SMILES string of the molecule is CN(Cc1cc(-c2ccccc2)no1)Cc1nnc(C2CC2)o1. The van der Waals surface area contributed by atoms with Crippen molar-refractivity contribution in [1.29, 1.82) is 0 Å². The standard InChI is InChI=1S/C17H18N4O2/c1-21(11-16-18-19-17(22-16)13-7-8-13)10-14-9-15(20-23-14)12-5-3-2-4-6-12/h2-6,9,13H,7-8,10-11H2,1H3. The molecule has 1 aliphatic carbocycles. The molecule has 3 aromatic rings. The predicted octanol–water partition coefficient (Wildman–Crippen LogP) is 3.23. The van der Waals surface area contributed by atoms with Crippen LogP contribution in [0.3, 0.4) is 0 Å². The summed E-state index contributed by atoms with van der Waals surface area (Å²) < 4.78 is 11.1. The zero-order chi connectivity index (χ0) is 15.6. The Morgan fingerprint density at radius 3 is 2.74 bits per heavy atom. The van der Waals surface area contributed by atoms with E-state index in [-0.39, 0.29) is 0 Å². The van der Waals surface area contributed by atoms with Gasteiger partial charge in [-0.05, 0) is 19.9 Å². The normalized spacial score (nSPS) is 14.5. The van der Waals surface area contributed by atoms with Gasteiger partial charge < -0.3 is 8.94 Å². The molecule has 1 saturated carbocycles. The molecule has 0 N–H and O–H groups in total. The number of aromatic nitrogens is 3. The minimum absolute atomic E-state index is 0.490. The minimum Gasteiger partial charge on any atom is -0.424 e. The summed E-state index contributed by atoms with van der Waals surface area (Å²) in [5.74, 6) is 2.73. The highest BCUT2D eigenvalue weighted by Crippen LogP contribution is 2.39. The van der Waals surface area contributed by atoms with Crippen LogP contribution < -0.4 is 0 Å². The Bertz CT molecular complexity index is 777. The van der Waals surface area contributed by atoms with Crippen LogP contribution in [0, 0.1) is 0 Å². The summed E-state index contributed by atoms with van der Waals surface area (Å²) in [5.41, 5.74) is 1.90. The molecule has 6 heteroatoms. The molecule has 0 unspecified atom stereocenters. The summed E-state index contributed by atoms with van der Waals surface area (Å²) in [7, 11) is 1.99. The van der Waals surface area contributed by atoms with Crippen molar-refractivity contribution in [1.82, 2.24) is 20.3 Å². The smallest absolute Gasteiger partial charge is 0.230 e. The van der Waals surface area contributed by atoms with Gasteiger partial charge in [0, 0.05) is 17.5 Å². The van der Waals surface area contributed by atoms with E-state index in [9.17, 15) is 0 Å². The lowest BCUT2D eigenvalue weighted by molar-refractivity contribution is 0.243. The third-order valence-corrected chi connectivity index (χ3v) is 3.87. The van der Waals surface area contributed by atoms with Gasteiger partial charge in [-0.15, -0.1) is 10.2 Å². The van der Waals surface area contributed by atoms with Crippen molar-refractivity contribution in [3.63, 3.8) is 0 Å². The molecule has 0 radical (unpaired) electrons. The highest BCUT2D eigenvalue weighted by molar-refractivity contribution is 5.58. The first-order valence-electron chi connectivity index (χ1n) is 7.80. The van der Waals surface area contributed by atoms with E-state index >= 15 is 0 Å². The van der Waals surface area contributed by atoms with Gasteiger partial charge in [-0.25, -0.2) is 0 Å². The molecule has 0 amide bonds. The van der Waals surface area contributed by atoms with Gasteiger partial charge in [0.25, 0.3) is 0 Å². The number of hydrogen-bond donors (Lipinski definition) is 0. The van der Waals surface area contributed by atoms with Crippen molar-refractivity contribution in [3.8, 4) is 11.3 Å². The topological polar surface area (TPSA) is 68.2 Å². The molecule has 1 aromatic carbocycles. The van der Waals surface area contributed by atoms with Crippen LogP contribution in [0.15, 0.2) is 45.3 Å². The maximum absolute atomic E-state index is 5.68. The molecule has 0 atom stereocenters. The lowest BCUT2D eigenvalue weighted by Crippen LogP contribution is -2.17. The first-order valence-corrected chi connectivity index (χ1v) is 7.80. The van der Waals surface area contributed by atoms with Crippen LogP contribution in [0.5, 0.6) is 0 Å². The molecule has 23 heavy (non-hydrogen) atoms. The highest BCUT2D eigenvalue weighted by Gasteiger charge is 2.29. The molecule has 1 aliphatic rings. The van der Waals surface area contributed by atoms with Gasteiger partial charge in [0.1, 0.15) is 5.69 Å². The average Bonchev–Trinajstić information content (AvgIpc) is 3.14. The second kappa shape index (κ2) is 5.96. The maximum Gasteiger partial charge on any atom is 0.230 e. The Balaban J connectivity index is 1.38. The molecule has 0 saturated heterocycles. The third-order valence-electron chi connectivity index (χ3n) is 3.87. The quantitative estimate of drug-likeness (QED) is 0.696. The maximum atomic E-state index is 5.68. The van der Waals surface area contributed by atoms with Gasteiger partial charge >= 0.3 is 0 Å². The fourth-order valence-electron chi connectivity index (χ4n) is 2.51. The first kappa shape index (κ1) is 14.1. The third kappa shape index (κ3) is 3.32. The minimum atomic E-state index is 0.490. The molecule has 2 aromatic heterocycles. The van der Waals surface area contributed by atoms with Gasteiger partial charge in [-0.2, -0.15) is 0 Å². The van der Waals surface area contributed by atoms with E-state index in [0.717, 1.165) is 35.7 Å². The summed E-state index contributed by atoms with van der Waals surface area (Å²) in [6.07, 6.45) is 2.33. The van der Waals surface area contributed by atoms with Crippen molar-refractivity contribution in [2.45, 2.75) is 31.8 Å². The van der Waals surface area contributed by atoms with Crippen molar-refractivity contribution in [2.75, 3.05) is 7.05 Å². The van der Waals surface area contributed by atoms with E-state index in [1.807, 2.05) is 43.4 Å². The van der Waals surface area contributed by atoms with Gasteiger partial charge in [-0.3, -0.25) is 4.90 Å². The summed E-state index contributed by atoms with van der Waals surface area (Å²) in [4.78, 5) is 2.07. The van der Waals surface area contributed by atoms with Crippen molar-refractivity contribution in [3.05, 3.63) is 53.9 Å². The zero-order valence-electron chi connectivity index (χ0n) is 13.0. The number of hydrogen-bond acceptors (Lipinski definition) is 6. The molecule has 118 valence electrons. The molecule has 4 rings (SSSR count). The average molecular weight is 310 g/mol. The van der Waals surface area contributed by atoms with E-state index in [2.05, 4.69) is 20.3 Å². The Morgan fingerprint density at radius 2 is 1.96 bits per heavy atom. The Kier molecular flexibility index (Phi) is 3.67. The van der Waals surface area contributed by atoms with Crippen LogP contribution in [0.4, 0.5) is 0 Å². The molecule has 0 aliphatic heterocycles. The molecule has 2 heterocycles. The molecular formula is C17H18N4O2. The van der Waals surface area contributed by atoms with Gasteiger partial charge in [0.15, 0.2) is 5.76 Å². The van der Waals surface area contributed by atoms with Crippen LogP contribution in [0.25, 0.3) is 11.3 Å². The Hall–Kier alpha value is -2.47. The second-order valence-electron chi connectivity index (χ2n) is 6.03. The monoisotopic (exact) mass is 310 g/mol. The van der Waals surface area contributed by atoms with Crippen molar-refractivity contribution in [2.24, 2.45) is 0 Å². The summed E-state index contributed by atoms with van der Waals surface area (Å²) >= 11 is 0. The van der Waals surface area contributed by atoms with Crippen LogP contribution >= 0.6 is 0 Å². The molecule has 6 nitrogen and oxygen atoms in total. The molecule has 0 spiro atoms. The Morgan fingerprint density at radius 1 is 1.13 bits per heavy atom. The number of rotatable bonds is 6. The summed E-state index contributed by atoms with van der Waals surface area (Å²) in [5, 5.41) is 12.3. The van der Waals surface area contributed by atoms with Gasteiger partial charge in [-0.1, -0.05) is 35.5 Å². The van der Waals surface area contributed by atoms with Crippen molar-refractivity contribution < 1.29 is 8.94 Å². The fourth-order valence-corrected chi connectivity index (χ4v) is 2.51. The molecule has 1 fully saturated rings. The Labute approximate surface area is 134 Å². The van der Waals surface area contributed by atoms with E-state index in [1.54, 1.807) is 0 Å². The second-order valence-corrected chi connectivity index (χ2v) is 6.03. The van der Waals surface area contributed by atoms with Gasteiger partial charge in [0.2, 0.25) is 11.8 Å². The fraction of sp³-hybridized carbons (Fsp3) is 0.353. The van der Waals surface area contributed by atoms with Crippen LogP contribution in [0.2, 0.25) is 0 Å². The lowest BCUT2D eigenvalue weighted by Gasteiger charge is -2.11. The van der Waals surface area contributed by atoms with E-state index in [0.29, 0.717) is 24.9 Å². The van der Waals surface area contributed by atoms with E-state index < -0.39 is 0 Å². The number of benzene rings is 1. The van der Waals surface area contributed by atoms with Crippen molar-refractivity contribution >= 4 is 0 Å². The van der Waals surface area contributed by atoms with Gasteiger partial charge in [0.05, 0.1) is 13.1 Å². The van der Waals surface area contributed by atoms with Crippen LogP contribution in [-0.4, -0.2) is 27.3 Å². The summed E-state index contributed by atoms with van der Waals surface area (Å²) in [6, 6.07) is 12.0. The van der Waals surface area contributed by atoms with E-state index in [1.165, 1.54) is 0 Å². The number of nitrogens with zero attached hydrogens (tertiary/aromatic N) is 4. The first-order chi connectivity index (χ1) is 11.3. The van der Waals surface area contributed by atoms with Crippen LogP contribution in [0.1, 0.15) is 36.3 Å².